The zero-order valence-electron chi connectivity index (χ0n) is 10.2. The highest BCUT2D eigenvalue weighted by Gasteiger charge is 2.14. The van der Waals surface area contributed by atoms with E-state index in [0.29, 0.717) is 6.42 Å². The van der Waals surface area contributed by atoms with Gasteiger partial charge in [0.15, 0.2) is 0 Å². The van der Waals surface area contributed by atoms with Gasteiger partial charge in [0.25, 0.3) is 0 Å². The van der Waals surface area contributed by atoms with E-state index in [9.17, 15) is 4.79 Å². The monoisotopic (exact) mass is 200 g/mol. The van der Waals surface area contributed by atoms with Crippen molar-refractivity contribution in [1.82, 2.24) is 10.2 Å². The van der Waals surface area contributed by atoms with Gasteiger partial charge in [-0.05, 0) is 32.5 Å². The molecule has 0 heterocycles. The topological polar surface area (TPSA) is 32.3 Å². The summed E-state index contributed by atoms with van der Waals surface area (Å²) in [5.74, 6) is 0.163. The smallest absolute Gasteiger partial charge is 0.220 e. The van der Waals surface area contributed by atoms with Crippen molar-refractivity contribution >= 4 is 5.91 Å². The zero-order valence-corrected chi connectivity index (χ0v) is 10.2. The summed E-state index contributed by atoms with van der Waals surface area (Å²) in [4.78, 5) is 13.5. The molecule has 3 nitrogen and oxygen atoms in total. The Morgan fingerprint density at radius 1 is 1.29 bits per heavy atom. The fraction of sp³-hybridized carbons (Fsp3) is 0.909. The first kappa shape index (κ1) is 13.4. The third kappa shape index (κ3) is 9.52. The van der Waals surface area contributed by atoms with Gasteiger partial charge in [-0.15, -0.1) is 0 Å². The Bertz CT molecular complexity index is 171. The maximum absolute atomic E-state index is 11.4. The van der Waals surface area contributed by atoms with E-state index >= 15 is 0 Å². The molecule has 1 amide bonds. The summed E-state index contributed by atoms with van der Waals surface area (Å²) in [7, 11) is 4.08. The van der Waals surface area contributed by atoms with Crippen molar-refractivity contribution in [2.75, 3.05) is 27.2 Å². The SMILES string of the molecule is CN(C)CCCNC(=O)CC(C)(C)C. The van der Waals surface area contributed by atoms with Crippen LogP contribution in [0.4, 0.5) is 0 Å². The predicted octanol–water partition coefficient (Wildman–Crippen LogP) is 1.49. The summed E-state index contributed by atoms with van der Waals surface area (Å²) in [6.45, 7) is 8.04. The molecule has 0 saturated heterocycles. The minimum atomic E-state index is 0.0889. The van der Waals surface area contributed by atoms with Gasteiger partial charge in [-0.2, -0.15) is 0 Å². The van der Waals surface area contributed by atoms with Crippen LogP contribution in [0.3, 0.4) is 0 Å². The molecule has 0 atom stereocenters. The number of hydrogen-bond donors (Lipinski definition) is 1. The third-order valence-corrected chi connectivity index (χ3v) is 1.80. The van der Waals surface area contributed by atoms with Gasteiger partial charge in [-0.25, -0.2) is 0 Å². The number of rotatable bonds is 5. The number of nitrogens with zero attached hydrogens (tertiary/aromatic N) is 1. The van der Waals surface area contributed by atoms with Crippen LogP contribution in [0.15, 0.2) is 0 Å². The van der Waals surface area contributed by atoms with Gasteiger partial charge in [0, 0.05) is 13.0 Å². The standard InChI is InChI=1S/C11H24N2O/c1-11(2,3)9-10(14)12-7-6-8-13(4)5/h6-9H2,1-5H3,(H,12,14). The van der Waals surface area contributed by atoms with Gasteiger partial charge in [0.1, 0.15) is 0 Å². The van der Waals surface area contributed by atoms with Crippen molar-refractivity contribution in [3.63, 3.8) is 0 Å². The summed E-state index contributed by atoms with van der Waals surface area (Å²) in [6.07, 6.45) is 1.62. The van der Waals surface area contributed by atoms with Crippen LogP contribution < -0.4 is 5.32 Å². The second-order valence-electron chi connectivity index (χ2n) is 5.24. The van der Waals surface area contributed by atoms with E-state index in [4.69, 9.17) is 0 Å². The predicted molar refractivity (Wildman–Crippen MR) is 60.3 cm³/mol. The number of nitrogens with one attached hydrogen (secondary N) is 1. The number of amides is 1. The first-order valence-electron chi connectivity index (χ1n) is 5.23. The molecule has 0 aliphatic rings. The van der Waals surface area contributed by atoms with Crippen molar-refractivity contribution in [3.05, 3.63) is 0 Å². The lowest BCUT2D eigenvalue weighted by atomic mass is 9.92. The first-order valence-corrected chi connectivity index (χ1v) is 5.23. The highest BCUT2D eigenvalue weighted by atomic mass is 16.1. The second kappa shape index (κ2) is 6.02. The van der Waals surface area contributed by atoms with Crippen molar-refractivity contribution < 1.29 is 4.79 Å². The molecule has 3 heteroatoms. The van der Waals surface area contributed by atoms with Gasteiger partial charge in [-0.1, -0.05) is 20.8 Å². The molecule has 0 spiro atoms. The molecule has 0 radical (unpaired) electrons. The van der Waals surface area contributed by atoms with Gasteiger partial charge < -0.3 is 10.2 Å². The molecule has 0 fully saturated rings. The maximum atomic E-state index is 11.4. The van der Waals surface area contributed by atoms with E-state index < -0.39 is 0 Å². The Balaban J connectivity index is 3.46. The minimum Gasteiger partial charge on any atom is -0.356 e. The lowest BCUT2D eigenvalue weighted by Gasteiger charge is -2.17. The van der Waals surface area contributed by atoms with Crippen LogP contribution in [0, 0.1) is 5.41 Å². The van der Waals surface area contributed by atoms with Crippen LogP contribution in [0.1, 0.15) is 33.6 Å². The summed E-state index contributed by atoms with van der Waals surface area (Å²) in [5, 5.41) is 2.93. The fourth-order valence-corrected chi connectivity index (χ4v) is 1.17. The van der Waals surface area contributed by atoms with Crippen LogP contribution in [-0.2, 0) is 4.79 Å². The van der Waals surface area contributed by atoms with E-state index in [1.165, 1.54) is 0 Å². The molecule has 0 aromatic carbocycles. The second-order valence-corrected chi connectivity index (χ2v) is 5.24. The molecule has 84 valence electrons. The van der Waals surface area contributed by atoms with E-state index in [2.05, 4.69) is 31.0 Å². The van der Waals surface area contributed by atoms with Crippen LogP contribution in [0.5, 0.6) is 0 Å². The molecule has 0 aromatic rings. The number of hydrogen-bond acceptors (Lipinski definition) is 2. The molecule has 0 unspecified atom stereocenters. The molecule has 0 saturated carbocycles. The molecule has 0 bridgehead atoms. The highest BCUT2D eigenvalue weighted by molar-refractivity contribution is 5.76. The summed E-state index contributed by atoms with van der Waals surface area (Å²) in [5.41, 5.74) is 0.0889. The van der Waals surface area contributed by atoms with Crippen LogP contribution in [0.25, 0.3) is 0 Å². The van der Waals surface area contributed by atoms with Crippen molar-refractivity contribution in [2.45, 2.75) is 33.6 Å². The quantitative estimate of drug-likeness (QED) is 0.682. The number of carbonyl (C=O) groups is 1. The van der Waals surface area contributed by atoms with Gasteiger partial charge in [0.05, 0.1) is 0 Å². The first-order chi connectivity index (χ1) is 6.31. The maximum Gasteiger partial charge on any atom is 0.220 e. The molecule has 0 aromatic heterocycles. The molecule has 1 N–H and O–H groups in total. The third-order valence-electron chi connectivity index (χ3n) is 1.80. The highest BCUT2D eigenvalue weighted by Crippen LogP contribution is 2.17. The Morgan fingerprint density at radius 3 is 2.29 bits per heavy atom. The molecular weight excluding hydrogens is 176 g/mol. The van der Waals surface area contributed by atoms with Crippen LogP contribution in [0.2, 0.25) is 0 Å². The van der Waals surface area contributed by atoms with Gasteiger partial charge >= 0.3 is 0 Å². The van der Waals surface area contributed by atoms with Crippen LogP contribution >= 0.6 is 0 Å². The Morgan fingerprint density at radius 2 is 1.86 bits per heavy atom. The van der Waals surface area contributed by atoms with E-state index in [-0.39, 0.29) is 11.3 Å². The lowest BCUT2D eigenvalue weighted by molar-refractivity contribution is -0.122. The van der Waals surface area contributed by atoms with Gasteiger partial charge in [0.2, 0.25) is 5.91 Å². The summed E-state index contributed by atoms with van der Waals surface area (Å²) in [6, 6.07) is 0. The zero-order chi connectivity index (χ0) is 11.2. The Kier molecular flexibility index (Phi) is 5.77. The number of carbonyl (C=O) groups excluding carboxylic acids is 1. The summed E-state index contributed by atoms with van der Waals surface area (Å²) < 4.78 is 0. The van der Waals surface area contributed by atoms with E-state index in [1.54, 1.807) is 0 Å². The fourth-order valence-electron chi connectivity index (χ4n) is 1.17. The van der Waals surface area contributed by atoms with Crippen molar-refractivity contribution in [3.8, 4) is 0 Å². The molecular formula is C11H24N2O. The average molecular weight is 200 g/mol. The molecule has 0 rings (SSSR count). The largest absolute Gasteiger partial charge is 0.356 e. The van der Waals surface area contributed by atoms with Crippen molar-refractivity contribution in [1.29, 1.82) is 0 Å². The van der Waals surface area contributed by atoms with Gasteiger partial charge in [-0.3, -0.25) is 4.79 Å². The molecule has 0 aliphatic carbocycles. The summed E-state index contributed by atoms with van der Waals surface area (Å²) >= 11 is 0. The minimum absolute atomic E-state index is 0.0889. The van der Waals surface area contributed by atoms with Crippen molar-refractivity contribution in [2.24, 2.45) is 5.41 Å². The normalized spacial score (nSPS) is 11.9. The van der Waals surface area contributed by atoms with E-state index in [1.807, 2.05) is 14.1 Å². The molecule has 14 heavy (non-hydrogen) atoms. The Labute approximate surface area is 87.9 Å². The van der Waals surface area contributed by atoms with Crippen LogP contribution in [-0.4, -0.2) is 38.0 Å². The van der Waals surface area contributed by atoms with E-state index in [0.717, 1.165) is 19.5 Å². The molecule has 0 aliphatic heterocycles. The lowest BCUT2D eigenvalue weighted by Crippen LogP contribution is -2.29. The average Bonchev–Trinajstić information content (AvgIpc) is 1.94. The Hall–Kier alpha value is -0.570.